The van der Waals surface area contributed by atoms with E-state index >= 15 is 0 Å². The minimum Gasteiger partial charge on any atom is -0.353 e. The van der Waals surface area contributed by atoms with Crippen LogP contribution in [0.5, 0.6) is 0 Å². The number of hydrogen-bond donors (Lipinski definition) is 2. The van der Waals surface area contributed by atoms with Gasteiger partial charge in [0.1, 0.15) is 0 Å². The van der Waals surface area contributed by atoms with E-state index in [9.17, 15) is 0 Å². The SMILES string of the molecule is CN=C(NC1CC1C1CCCCC1)NC(C)(C)C. The molecule has 18 heavy (non-hydrogen) atoms. The molecule has 2 rings (SSSR count). The van der Waals surface area contributed by atoms with Gasteiger partial charge in [-0.3, -0.25) is 4.99 Å². The second-order valence-electron chi connectivity index (χ2n) is 7.00. The first-order valence-electron chi connectivity index (χ1n) is 7.51. The van der Waals surface area contributed by atoms with Crippen LogP contribution in [0.3, 0.4) is 0 Å². The smallest absolute Gasteiger partial charge is 0.191 e. The van der Waals surface area contributed by atoms with Gasteiger partial charge in [-0.25, -0.2) is 0 Å². The number of hydrogen-bond acceptors (Lipinski definition) is 1. The van der Waals surface area contributed by atoms with Crippen molar-refractivity contribution in [2.45, 2.75) is 70.9 Å². The molecule has 0 saturated heterocycles. The van der Waals surface area contributed by atoms with E-state index in [1.807, 2.05) is 7.05 Å². The molecule has 3 heteroatoms. The molecule has 0 amide bonds. The van der Waals surface area contributed by atoms with E-state index in [2.05, 4.69) is 36.4 Å². The van der Waals surface area contributed by atoms with Gasteiger partial charge < -0.3 is 10.6 Å². The standard InChI is InChI=1S/C15H29N3/c1-15(2,3)18-14(16-4)17-13-10-12(13)11-8-6-5-7-9-11/h11-13H,5-10H2,1-4H3,(H2,16,17,18). The van der Waals surface area contributed by atoms with Crippen molar-refractivity contribution in [3.05, 3.63) is 0 Å². The fraction of sp³-hybridized carbons (Fsp3) is 0.933. The lowest BCUT2D eigenvalue weighted by molar-refractivity contribution is 0.315. The van der Waals surface area contributed by atoms with Crippen LogP contribution < -0.4 is 10.6 Å². The summed E-state index contributed by atoms with van der Waals surface area (Å²) in [5.74, 6) is 2.85. The van der Waals surface area contributed by atoms with Crippen molar-refractivity contribution in [1.29, 1.82) is 0 Å². The van der Waals surface area contributed by atoms with Gasteiger partial charge in [0.05, 0.1) is 0 Å². The van der Waals surface area contributed by atoms with Crippen LogP contribution in [0, 0.1) is 11.8 Å². The van der Waals surface area contributed by atoms with E-state index in [1.165, 1.54) is 38.5 Å². The van der Waals surface area contributed by atoms with Crippen LogP contribution in [0.25, 0.3) is 0 Å². The summed E-state index contributed by atoms with van der Waals surface area (Å²) in [5, 5.41) is 7.02. The molecule has 0 spiro atoms. The Morgan fingerprint density at radius 2 is 1.78 bits per heavy atom. The van der Waals surface area contributed by atoms with Crippen LogP contribution in [0.2, 0.25) is 0 Å². The predicted molar refractivity (Wildman–Crippen MR) is 77.9 cm³/mol. The zero-order valence-electron chi connectivity index (χ0n) is 12.4. The Morgan fingerprint density at radius 1 is 1.11 bits per heavy atom. The molecular weight excluding hydrogens is 222 g/mol. The predicted octanol–water partition coefficient (Wildman–Crippen LogP) is 2.92. The highest BCUT2D eigenvalue weighted by Crippen LogP contribution is 2.44. The third-order valence-electron chi connectivity index (χ3n) is 4.13. The Bertz CT molecular complexity index is 297. The lowest BCUT2D eigenvalue weighted by atomic mass is 9.85. The van der Waals surface area contributed by atoms with Gasteiger partial charge in [-0.1, -0.05) is 32.1 Å². The summed E-state index contributed by atoms with van der Waals surface area (Å²) < 4.78 is 0. The highest BCUT2D eigenvalue weighted by molar-refractivity contribution is 5.81. The minimum absolute atomic E-state index is 0.0804. The Morgan fingerprint density at radius 3 is 2.33 bits per heavy atom. The first-order chi connectivity index (χ1) is 8.49. The molecule has 2 saturated carbocycles. The molecule has 104 valence electrons. The third-order valence-corrected chi connectivity index (χ3v) is 4.13. The van der Waals surface area contributed by atoms with Crippen molar-refractivity contribution in [3.63, 3.8) is 0 Å². The molecule has 2 aliphatic carbocycles. The third kappa shape index (κ3) is 3.89. The van der Waals surface area contributed by atoms with Crippen LogP contribution in [-0.4, -0.2) is 24.6 Å². The molecule has 0 aliphatic heterocycles. The van der Waals surface area contributed by atoms with Crippen molar-refractivity contribution in [3.8, 4) is 0 Å². The zero-order chi connectivity index (χ0) is 13.2. The summed E-state index contributed by atoms with van der Waals surface area (Å²) in [4.78, 5) is 4.33. The van der Waals surface area contributed by atoms with Crippen LogP contribution in [0.1, 0.15) is 59.3 Å². The first kappa shape index (κ1) is 13.7. The maximum absolute atomic E-state index is 4.33. The highest BCUT2D eigenvalue weighted by atomic mass is 15.2. The van der Waals surface area contributed by atoms with E-state index in [1.54, 1.807) is 0 Å². The summed E-state index contributed by atoms with van der Waals surface area (Å²) in [7, 11) is 1.86. The van der Waals surface area contributed by atoms with E-state index in [-0.39, 0.29) is 5.54 Å². The topological polar surface area (TPSA) is 36.4 Å². The number of nitrogens with one attached hydrogen (secondary N) is 2. The Labute approximate surface area is 112 Å². The van der Waals surface area contributed by atoms with Crippen molar-refractivity contribution < 1.29 is 0 Å². The molecule has 0 radical (unpaired) electrons. The second-order valence-corrected chi connectivity index (χ2v) is 7.00. The van der Waals surface area contributed by atoms with Crippen molar-refractivity contribution in [2.24, 2.45) is 16.8 Å². The average molecular weight is 251 g/mol. The highest BCUT2D eigenvalue weighted by Gasteiger charge is 2.43. The van der Waals surface area contributed by atoms with Crippen LogP contribution >= 0.6 is 0 Å². The monoisotopic (exact) mass is 251 g/mol. The normalized spacial score (nSPS) is 30.1. The van der Waals surface area contributed by atoms with Gasteiger partial charge in [0.15, 0.2) is 5.96 Å². The number of guanidine groups is 1. The molecule has 2 atom stereocenters. The van der Waals surface area contributed by atoms with Crippen LogP contribution in [-0.2, 0) is 0 Å². The molecule has 0 aromatic carbocycles. The van der Waals surface area contributed by atoms with Gasteiger partial charge >= 0.3 is 0 Å². The van der Waals surface area contributed by atoms with Gasteiger partial charge in [0.2, 0.25) is 0 Å². The number of nitrogens with zero attached hydrogens (tertiary/aromatic N) is 1. The maximum atomic E-state index is 4.33. The Kier molecular flexibility index (Phi) is 4.18. The second kappa shape index (κ2) is 5.50. The van der Waals surface area contributed by atoms with Gasteiger partial charge in [-0.05, 0) is 39.0 Å². The molecule has 0 heterocycles. The number of aliphatic imine (C=N–C) groups is 1. The van der Waals surface area contributed by atoms with Crippen LogP contribution in [0.4, 0.5) is 0 Å². The van der Waals surface area contributed by atoms with E-state index < -0.39 is 0 Å². The maximum Gasteiger partial charge on any atom is 0.191 e. The molecule has 0 bridgehead atoms. The van der Waals surface area contributed by atoms with Gasteiger partial charge in [0, 0.05) is 18.6 Å². The molecule has 0 aromatic heterocycles. The van der Waals surface area contributed by atoms with Gasteiger partial charge in [-0.15, -0.1) is 0 Å². The molecule has 0 aromatic rings. The lowest BCUT2D eigenvalue weighted by Crippen LogP contribution is -2.48. The summed E-state index contributed by atoms with van der Waals surface area (Å²) in [6.45, 7) is 6.52. The number of rotatable bonds is 2. The fourth-order valence-electron chi connectivity index (χ4n) is 3.15. The summed E-state index contributed by atoms with van der Waals surface area (Å²) in [6, 6.07) is 0.668. The lowest BCUT2D eigenvalue weighted by Gasteiger charge is -2.25. The molecule has 3 nitrogen and oxygen atoms in total. The minimum atomic E-state index is 0.0804. The molecular formula is C15H29N3. The van der Waals surface area contributed by atoms with Crippen molar-refractivity contribution in [1.82, 2.24) is 10.6 Å². The molecule has 2 fully saturated rings. The zero-order valence-corrected chi connectivity index (χ0v) is 12.4. The quantitative estimate of drug-likeness (QED) is 0.585. The van der Waals surface area contributed by atoms with E-state index in [0.29, 0.717) is 6.04 Å². The largest absolute Gasteiger partial charge is 0.353 e. The van der Waals surface area contributed by atoms with Gasteiger partial charge in [0.25, 0.3) is 0 Å². The van der Waals surface area contributed by atoms with E-state index in [0.717, 1.165) is 17.8 Å². The summed E-state index contributed by atoms with van der Waals surface area (Å²) >= 11 is 0. The molecule has 2 unspecified atom stereocenters. The summed E-state index contributed by atoms with van der Waals surface area (Å²) in [6.07, 6.45) is 8.60. The fourth-order valence-corrected chi connectivity index (χ4v) is 3.15. The summed E-state index contributed by atoms with van der Waals surface area (Å²) in [5.41, 5.74) is 0.0804. The average Bonchev–Trinajstić information content (AvgIpc) is 3.07. The van der Waals surface area contributed by atoms with Gasteiger partial charge in [-0.2, -0.15) is 0 Å². The first-order valence-corrected chi connectivity index (χ1v) is 7.51. The Hall–Kier alpha value is -0.730. The van der Waals surface area contributed by atoms with Crippen LogP contribution in [0.15, 0.2) is 4.99 Å². The van der Waals surface area contributed by atoms with Crippen molar-refractivity contribution >= 4 is 5.96 Å². The molecule has 2 aliphatic rings. The van der Waals surface area contributed by atoms with Crippen molar-refractivity contribution in [2.75, 3.05) is 7.05 Å². The van der Waals surface area contributed by atoms with E-state index in [4.69, 9.17) is 0 Å². The molecule has 2 N–H and O–H groups in total. The Balaban J connectivity index is 1.77.